The zero-order chi connectivity index (χ0) is 25.7. The van der Waals surface area contributed by atoms with Crippen molar-refractivity contribution in [2.24, 2.45) is 0 Å². The molecule has 35 heavy (non-hydrogen) atoms. The van der Waals surface area contributed by atoms with Crippen molar-refractivity contribution in [2.45, 2.75) is 62.3 Å². The van der Waals surface area contributed by atoms with Gasteiger partial charge in [0.25, 0.3) is 0 Å². The van der Waals surface area contributed by atoms with E-state index in [2.05, 4.69) is 5.32 Å². The third kappa shape index (κ3) is 5.90. The van der Waals surface area contributed by atoms with Gasteiger partial charge in [0.15, 0.2) is 0 Å². The summed E-state index contributed by atoms with van der Waals surface area (Å²) in [4.78, 5) is 52.0. The second-order valence-electron chi connectivity index (χ2n) is 7.94. The third-order valence-electron chi connectivity index (χ3n) is 5.67. The summed E-state index contributed by atoms with van der Waals surface area (Å²) in [5.41, 5.74) is 2.12. The topological polar surface area (TPSA) is 108 Å². The number of anilines is 1. The maximum atomic E-state index is 13.2. The Morgan fingerprint density at radius 1 is 0.971 bits per heavy atom. The van der Waals surface area contributed by atoms with Gasteiger partial charge in [0.1, 0.15) is 9.88 Å². The molecule has 0 aromatic carbocycles. The summed E-state index contributed by atoms with van der Waals surface area (Å²) in [5.74, 6) is -1.89. The van der Waals surface area contributed by atoms with Gasteiger partial charge in [0.05, 0.1) is 41.4 Å². The number of hydrogen-bond acceptors (Lipinski definition) is 10. The number of hydrogen-bond donors (Lipinski definition) is 1. The average molecular weight is 540 g/mol. The Morgan fingerprint density at radius 2 is 1.63 bits per heavy atom. The predicted molar refractivity (Wildman–Crippen MR) is 137 cm³/mol. The number of nitrogens with one attached hydrogen (secondary N) is 1. The number of carbonyl (C=O) groups is 4. The van der Waals surface area contributed by atoms with Crippen LogP contribution >= 0.6 is 34.4 Å². The quantitative estimate of drug-likeness (QED) is 0.210. The van der Waals surface area contributed by atoms with E-state index in [1.54, 1.807) is 20.8 Å². The normalized spacial score (nSPS) is 13.9. The van der Waals surface area contributed by atoms with Gasteiger partial charge in [-0.25, -0.2) is 14.4 Å². The van der Waals surface area contributed by atoms with Crippen LogP contribution in [0.5, 0.6) is 0 Å². The molecule has 1 atom stereocenters. The summed E-state index contributed by atoms with van der Waals surface area (Å²) in [6.07, 6.45) is 4.80. The SMILES string of the molecule is CCOC(=O)c1sc(SC(C)C(=O)Nc2sc3c(c2C(=O)OC)CCCCC3)c(C(=O)OC)c1C. The van der Waals surface area contributed by atoms with Crippen molar-refractivity contribution in [1.82, 2.24) is 0 Å². The second kappa shape index (κ2) is 12.0. The predicted octanol–water partition coefficient (Wildman–Crippen LogP) is 5.26. The molecule has 11 heteroatoms. The van der Waals surface area contributed by atoms with Crippen molar-refractivity contribution in [3.05, 3.63) is 32.0 Å². The molecule has 190 valence electrons. The molecule has 1 aliphatic carbocycles. The fourth-order valence-electron chi connectivity index (χ4n) is 3.88. The first-order chi connectivity index (χ1) is 16.7. The van der Waals surface area contributed by atoms with E-state index in [1.165, 1.54) is 25.6 Å². The van der Waals surface area contributed by atoms with E-state index in [-0.39, 0.29) is 18.1 Å². The summed E-state index contributed by atoms with van der Waals surface area (Å²) in [6, 6.07) is 0. The molecule has 2 aromatic heterocycles. The van der Waals surface area contributed by atoms with Gasteiger partial charge < -0.3 is 19.5 Å². The molecule has 0 radical (unpaired) electrons. The smallest absolute Gasteiger partial charge is 0.348 e. The molecule has 0 aliphatic heterocycles. The number of amides is 1. The van der Waals surface area contributed by atoms with Gasteiger partial charge in [-0.05, 0) is 57.6 Å². The number of esters is 3. The average Bonchev–Trinajstić information content (AvgIpc) is 3.24. The van der Waals surface area contributed by atoms with Crippen LogP contribution in [0.3, 0.4) is 0 Å². The van der Waals surface area contributed by atoms with E-state index in [0.29, 0.717) is 25.2 Å². The molecule has 2 aromatic rings. The summed E-state index contributed by atoms with van der Waals surface area (Å²) in [5, 5.41) is 2.77. The van der Waals surface area contributed by atoms with Crippen molar-refractivity contribution < 1.29 is 33.4 Å². The Labute approximate surface area is 216 Å². The first-order valence-electron chi connectivity index (χ1n) is 11.3. The lowest BCUT2D eigenvalue weighted by molar-refractivity contribution is -0.115. The molecule has 0 saturated carbocycles. The number of aryl methyl sites for hydroxylation is 1. The maximum Gasteiger partial charge on any atom is 0.348 e. The molecule has 0 bridgehead atoms. The molecule has 0 fully saturated rings. The highest BCUT2D eigenvalue weighted by atomic mass is 32.2. The Hall–Kier alpha value is -2.37. The molecule has 1 amide bonds. The molecule has 1 aliphatic rings. The van der Waals surface area contributed by atoms with Crippen molar-refractivity contribution in [3.63, 3.8) is 0 Å². The molecule has 8 nitrogen and oxygen atoms in total. The summed E-state index contributed by atoms with van der Waals surface area (Å²) >= 11 is 3.68. The highest BCUT2D eigenvalue weighted by molar-refractivity contribution is 8.02. The fourth-order valence-corrected chi connectivity index (χ4v) is 7.79. The Balaban J connectivity index is 1.87. The van der Waals surface area contributed by atoms with Gasteiger partial charge in [-0.2, -0.15) is 0 Å². The molecule has 2 heterocycles. The molecule has 1 unspecified atom stereocenters. The van der Waals surface area contributed by atoms with E-state index in [9.17, 15) is 19.2 Å². The second-order valence-corrected chi connectivity index (χ2v) is 11.7. The van der Waals surface area contributed by atoms with Crippen LogP contribution < -0.4 is 5.32 Å². The van der Waals surface area contributed by atoms with Crippen LogP contribution in [-0.2, 0) is 31.8 Å². The van der Waals surface area contributed by atoms with Crippen molar-refractivity contribution in [1.29, 1.82) is 0 Å². The van der Waals surface area contributed by atoms with Crippen LogP contribution in [0.15, 0.2) is 4.21 Å². The number of fused-ring (bicyclic) bond motifs is 1. The molecular weight excluding hydrogens is 510 g/mol. The van der Waals surface area contributed by atoms with Crippen LogP contribution in [0.2, 0.25) is 0 Å². The molecule has 3 rings (SSSR count). The Kier molecular flexibility index (Phi) is 9.37. The van der Waals surface area contributed by atoms with Crippen LogP contribution in [0.25, 0.3) is 0 Å². The summed E-state index contributed by atoms with van der Waals surface area (Å²) < 4.78 is 15.5. The van der Waals surface area contributed by atoms with Crippen molar-refractivity contribution in [3.8, 4) is 0 Å². The fraction of sp³-hybridized carbons (Fsp3) is 0.500. The number of thioether (sulfide) groups is 1. The molecular formula is C24H29NO7S3. The molecule has 0 spiro atoms. The van der Waals surface area contributed by atoms with E-state index >= 15 is 0 Å². The molecule has 1 N–H and O–H groups in total. The Bertz CT molecular complexity index is 1130. The lowest BCUT2D eigenvalue weighted by Crippen LogP contribution is -2.23. The van der Waals surface area contributed by atoms with Gasteiger partial charge in [0, 0.05) is 4.88 Å². The zero-order valence-corrected chi connectivity index (χ0v) is 22.9. The first-order valence-corrected chi connectivity index (χ1v) is 13.8. The zero-order valence-electron chi connectivity index (χ0n) is 20.4. The minimum Gasteiger partial charge on any atom is -0.465 e. The number of ether oxygens (including phenoxy) is 3. The highest BCUT2D eigenvalue weighted by Gasteiger charge is 2.30. The van der Waals surface area contributed by atoms with Gasteiger partial charge in [-0.3, -0.25) is 4.79 Å². The number of methoxy groups -OCH3 is 2. The van der Waals surface area contributed by atoms with E-state index in [4.69, 9.17) is 14.2 Å². The summed E-state index contributed by atoms with van der Waals surface area (Å²) in [7, 11) is 2.60. The van der Waals surface area contributed by atoms with E-state index < -0.39 is 23.2 Å². The number of rotatable bonds is 8. The maximum absolute atomic E-state index is 13.2. The number of carbonyl (C=O) groups excluding carboxylic acids is 4. The van der Waals surface area contributed by atoms with Crippen LogP contribution in [0.1, 0.15) is 79.5 Å². The number of thiophene rings is 2. The minimum absolute atomic E-state index is 0.207. The van der Waals surface area contributed by atoms with Crippen LogP contribution in [-0.4, -0.2) is 49.9 Å². The van der Waals surface area contributed by atoms with E-state index in [1.807, 2.05) is 0 Å². The lowest BCUT2D eigenvalue weighted by Gasteiger charge is -2.12. The first kappa shape index (κ1) is 27.2. The van der Waals surface area contributed by atoms with Crippen molar-refractivity contribution in [2.75, 3.05) is 26.1 Å². The Morgan fingerprint density at radius 3 is 2.29 bits per heavy atom. The van der Waals surface area contributed by atoms with Gasteiger partial charge >= 0.3 is 17.9 Å². The van der Waals surface area contributed by atoms with Crippen LogP contribution in [0, 0.1) is 6.92 Å². The van der Waals surface area contributed by atoms with Crippen molar-refractivity contribution >= 4 is 63.3 Å². The van der Waals surface area contributed by atoms with E-state index in [0.717, 1.165) is 65.6 Å². The molecule has 0 saturated heterocycles. The van der Waals surface area contributed by atoms with Gasteiger partial charge in [-0.1, -0.05) is 6.42 Å². The van der Waals surface area contributed by atoms with Crippen LogP contribution in [0.4, 0.5) is 5.00 Å². The van der Waals surface area contributed by atoms with Gasteiger partial charge in [-0.15, -0.1) is 34.4 Å². The summed E-state index contributed by atoms with van der Waals surface area (Å²) in [6.45, 7) is 5.27. The largest absolute Gasteiger partial charge is 0.465 e. The highest BCUT2D eigenvalue weighted by Crippen LogP contribution is 2.41. The van der Waals surface area contributed by atoms with Gasteiger partial charge in [0.2, 0.25) is 5.91 Å². The third-order valence-corrected chi connectivity index (χ3v) is 9.46. The lowest BCUT2D eigenvalue weighted by atomic mass is 10.1. The minimum atomic E-state index is -0.626. The standard InChI is InChI=1S/C24H29NO7S3/c1-6-32-23(29)18-12(2)16(21(27)30-4)24(35-18)33-13(3)19(26)25-20-17(22(28)31-5)14-10-8-7-9-11-15(14)34-20/h13H,6-11H2,1-5H3,(H,25,26). The monoisotopic (exact) mass is 539 g/mol.